The number of amides is 1. The molecule has 0 unspecified atom stereocenters. The molecular formula is C8H7ClN2O3. The van der Waals surface area contributed by atoms with Crippen molar-refractivity contribution in [1.29, 1.82) is 0 Å². The summed E-state index contributed by atoms with van der Waals surface area (Å²) in [7, 11) is 0. The number of hydrogen-bond acceptors (Lipinski definition) is 3. The highest BCUT2D eigenvalue weighted by Gasteiger charge is 2.10. The molecule has 0 saturated heterocycles. The van der Waals surface area contributed by atoms with Gasteiger partial charge >= 0.3 is 5.97 Å². The van der Waals surface area contributed by atoms with E-state index >= 15 is 0 Å². The first-order valence-electron chi connectivity index (χ1n) is 3.67. The molecule has 0 spiro atoms. The standard InChI is InChI=1S/C8H7ClN2O3/c1-4(12)11-5-2-6(9)7(8(13)14)10-3-5/h2-3H,1H3,(H,11,12)(H,13,14). The van der Waals surface area contributed by atoms with Crippen molar-refractivity contribution in [3.8, 4) is 0 Å². The third kappa shape index (κ3) is 2.43. The third-order valence-electron chi connectivity index (χ3n) is 1.36. The summed E-state index contributed by atoms with van der Waals surface area (Å²) in [6, 6.07) is 1.33. The minimum atomic E-state index is -1.20. The predicted octanol–water partition coefficient (Wildman–Crippen LogP) is 1.39. The Morgan fingerprint density at radius 3 is 2.64 bits per heavy atom. The largest absolute Gasteiger partial charge is 0.476 e. The van der Waals surface area contributed by atoms with Crippen molar-refractivity contribution >= 4 is 29.2 Å². The van der Waals surface area contributed by atoms with E-state index in [4.69, 9.17) is 16.7 Å². The average Bonchev–Trinajstić information content (AvgIpc) is 2.01. The zero-order valence-corrected chi connectivity index (χ0v) is 8.00. The number of carboxylic acid groups (broad SMARTS) is 1. The highest BCUT2D eigenvalue weighted by Crippen LogP contribution is 2.18. The molecule has 0 saturated carbocycles. The summed E-state index contributed by atoms with van der Waals surface area (Å²) in [6.45, 7) is 1.33. The van der Waals surface area contributed by atoms with Crippen molar-refractivity contribution in [1.82, 2.24) is 4.98 Å². The highest BCUT2D eigenvalue weighted by atomic mass is 35.5. The molecule has 74 valence electrons. The number of hydrogen-bond donors (Lipinski definition) is 2. The minimum Gasteiger partial charge on any atom is -0.476 e. The summed E-state index contributed by atoms with van der Waals surface area (Å²) in [5.41, 5.74) is 0.133. The lowest BCUT2D eigenvalue weighted by Crippen LogP contribution is -2.08. The number of carbonyl (C=O) groups is 2. The van der Waals surface area contributed by atoms with Crippen molar-refractivity contribution in [2.45, 2.75) is 6.92 Å². The summed E-state index contributed by atoms with van der Waals surface area (Å²) in [5.74, 6) is -1.48. The quantitative estimate of drug-likeness (QED) is 0.780. The molecule has 0 fully saturated rings. The smallest absolute Gasteiger partial charge is 0.356 e. The van der Waals surface area contributed by atoms with Crippen LogP contribution in [0.3, 0.4) is 0 Å². The van der Waals surface area contributed by atoms with Crippen LogP contribution in [0.4, 0.5) is 5.69 Å². The van der Waals surface area contributed by atoms with Gasteiger partial charge in [0, 0.05) is 6.92 Å². The zero-order valence-electron chi connectivity index (χ0n) is 7.24. The first-order valence-corrected chi connectivity index (χ1v) is 4.05. The summed E-state index contributed by atoms with van der Waals surface area (Å²) < 4.78 is 0. The number of rotatable bonds is 2. The van der Waals surface area contributed by atoms with E-state index in [0.717, 1.165) is 0 Å². The molecular weight excluding hydrogens is 208 g/mol. The van der Waals surface area contributed by atoms with Gasteiger partial charge in [0.25, 0.3) is 0 Å². The Balaban J connectivity index is 3.00. The van der Waals surface area contributed by atoms with E-state index in [0.29, 0.717) is 5.69 Å². The number of carbonyl (C=O) groups excluding carboxylic acids is 1. The SMILES string of the molecule is CC(=O)Nc1cnc(C(=O)O)c(Cl)c1. The Morgan fingerprint density at radius 2 is 2.21 bits per heavy atom. The van der Waals surface area contributed by atoms with Crippen LogP contribution in [0, 0.1) is 0 Å². The number of nitrogens with zero attached hydrogens (tertiary/aromatic N) is 1. The Kier molecular flexibility index (Phi) is 3.03. The van der Waals surface area contributed by atoms with Crippen LogP contribution in [-0.2, 0) is 4.79 Å². The van der Waals surface area contributed by atoms with E-state index in [9.17, 15) is 9.59 Å². The third-order valence-corrected chi connectivity index (χ3v) is 1.65. The fourth-order valence-electron chi connectivity index (χ4n) is 0.867. The van der Waals surface area contributed by atoms with Crippen LogP contribution in [0.5, 0.6) is 0 Å². The first-order chi connectivity index (χ1) is 6.50. The Morgan fingerprint density at radius 1 is 1.57 bits per heavy atom. The van der Waals surface area contributed by atoms with E-state index < -0.39 is 5.97 Å². The van der Waals surface area contributed by atoms with Crippen LogP contribution in [0.2, 0.25) is 5.02 Å². The molecule has 0 radical (unpaired) electrons. The molecule has 0 bridgehead atoms. The monoisotopic (exact) mass is 214 g/mol. The molecule has 0 atom stereocenters. The summed E-state index contributed by atoms with van der Waals surface area (Å²) in [6.07, 6.45) is 1.23. The van der Waals surface area contributed by atoms with E-state index in [-0.39, 0.29) is 16.6 Å². The molecule has 1 rings (SSSR count). The maximum absolute atomic E-state index is 10.6. The zero-order chi connectivity index (χ0) is 10.7. The van der Waals surface area contributed by atoms with E-state index in [1.54, 1.807) is 0 Å². The Bertz CT molecular complexity index is 392. The highest BCUT2D eigenvalue weighted by molar-refractivity contribution is 6.33. The number of anilines is 1. The molecule has 2 N–H and O–H groups in total. The van der Waals surface area contributed by atoms with E-state index in [1.165, 1.54) is 19.2 Å². The molecule has 5 nitrogen and oxygen atoms in total. The van der Waals surface area contributed by atoms with Crippen LogP contribution in [0.1, 0.15) is 17.4 Å². The number of aromatic nitrogens is 1. The van der Waals surface area contributed by atoms with Gasteiger partial charge in [-0.15, -0.1) is 0 Å². The number of nitrogens with one attached hydrogen (secondary N) is 1. The van der Waals surface area contributed by atoms with Gasteiger partial charge in [0.15, 0.2) is 5.69 Å². The van der Waals surface area contributed by atoms with Gasteiger partial charge in [0.2, 0.25) is 5.91 Å². The molecule has 0 aliphatic carbocycles. The van der Waals surface area contributed by atoms with Crippen molar-refractivity contribution in [3.05, 3.63) is 23.0 Å². The molecule has 1 aromatic rings. The van der Waals surface area contributed by atoms with Gasteiger partial charge < -0.3 is 10.4 Å². The van der Waals surface area contributed by atoms with Gasteiger partial charge in [-0.05, 0) is 6.07 Å². The average molecular weight is 215 g/mol. The van der Waals surface area contributed by atoms with Crippen molar-refractivity contribution in [2.75, 3.05) is 5.32 Å². The molecule has 6 heteroatoms. The maximum Gasteiger partial charge on any atom is 0.356 e. The minimum absolute atomic E-state index is 0.0104. The van der Waals surface area contributed by atoms with Crippen LogP contribution in [0.15, 0.2) is 12.3 Å². The molecule has 0 aromatic carbocycles. The Labute approximate surface area is 84.7 Å². The molecule has 1 heterocycles. The molecule has 1 aromatic heterocycles. The van der Waals surface area contributed by atoms with Crippen LogP contribution >= 0.6 is 11.6 Å². The lowest BCUT2D eigenvalue weighted by atomic mass is 10.3. The normalized spacial score (nSPS) is 9.57. The van der Waals surface area contributed by atoms with Crippen LogP contribution in [0.25, 0.3) is 0 Å². The fourth-order valence-corrected chi connectivity index (χ4v) is 1.11. The molecule has 0 aliphatic rings. The lowest BCUT2D eigenvalue weighted by Gasteiger charge is -2.03. The van der Waals surface area contributed by atoms with Crippen molar-refractivity contribution in [3.63, 3.8) is 0 Å². The van der Waals surface area contributed by atoms with Crippen LogP contribution in [-0.4, -0.2) is 22.0 Å². The molecule has 1 amide bonds. The lowest BCUT2D eigenvalue weighted by molar-refractivity contribution is -0.114. The van der Waals surface area contributed by atoms with E-state index in [2.05, 4.69) is 10.3 Å². The summed E-state index contributed by atoms with van der Waals surface area (Å²) in [5, 5.41) is 11.0. The van der Waals surface area contributed by atoms with Gasteiger partial charge in [-0.1, -0.05) is 11.6 Å². The topological polar surface area (TPSA) is 79.3 Å². The van der Waals surface area contributed by atoms with Crippen LogP contribution < -0.4 is 5.32 Å². The second kappa shape index (κ2) is 4.06. The predicted molar refractivity (Wildman–Crippen MR) is 50.5 cm³/mol. The van der Waals surface area contributed by atoms with Crippen molar-refractivity contribution in [2.24, 2.45) is 0 Å². The van der Waals surface area contributed by atoms with Gasteiger partial charge in [0.1, 0.15) is 0 Å². The Hall–Kier alpha value is -1.62. The fraction of sp³-hybridized carbons (Fsp3) is 0.125. The van der Waals surface area contributed by atoms with E-state index in [1.807, 2.05) is 0 Å². The number of pyridine rings is 1. The number of halogens is 1. The van der Waals surface area contributed by atoms with Gasteiger partial charge in [-0.2, -0.15) is 0 Å². The summed E-state index contributed by atoms with van der Waals surface area (Å²) >= 11 is 5.61. The van der Waals surface area contributed by atoms with Gasteiger partial charge in [-0.25, -0.2) is 9.78 Å². The van der Waals surface area contributed by atoms with Gasteiger partial charge in [0.05, 0.1) is 16.9 Å². The van der Waals surface area contributed by atoms with Crippen molar-refractivity contribution < 1.29 is 14.7 Å². The molecule has 14 heavy (non-hydrogen) atoms. The summed E-state index contributed by atoms with van der Waals surface area (Å²) in [4.78, 5) is 24.8. The first kappa shape index (κ1) is 10.5. The number of aromatic carboxylic acids is 1. The second-order valence-corrected chi connectivity index (χ2v) is 2.95. The number of carboxylic acids is 1. The van der Waals surface area contributed by atoms with Gasteiger partial charge in [-0.3, -0.25) is 4.79 Å². The molecule has 0 aliphatic heterocycles. The maximum atomic E-state index is 10.6. The second-order valence-electron chi connectivity index (χ2n) is 2.54.